The zero-order chi connectivity index (χ0) is 18.0. The molecule has 3 N–H and O–H groups in total. The maximum atomic E-state index is 11.8. The topological polar surface area (TPSA) is 80.1 Å². The maximum Gasteiger partial charge on any atom is 0.407 e. The highest BCUT2D eigenvalue weighted by Crippen LogP contribution is 2.12. The van der Waals surface area contributed by atoms with Crippen LogP contribution in [-0.2, 0) is 9.47 Å². The molecule has 0 unspecified atom stereocenters. The van der Waals surface area contributed by atoms with Crippen molar-refractivity contribution in [1.29, 1.82) is 0 Å². The highest BCUT2D eigenvalue weighted by Gasteiger charge is 2.23. The van der Waals surface area contributed by atoms with E-state index < -0.39 is 5.60 Å². The van der Waals surface area contributed by atoms with Crippen LogP contribution in [0, 0.1) is 0 Å². The third-order valence-electron chi connectivity index (χ3n) is 3.99. The Labute approximate surface area is 146 Å². The Kier molecular flexibility index (Phi) is 9.58. The van der Waals surface area contributed by atoms with Crippen molar-refractivity contribution in [3.63, 3.8) is 0 Å². The lowest BCUT2D eigenvalue weighted by atomic mass is 10.1. The highest BCUT2D eigenvalue weighted by molar-refractivity contribution is 5.68. The van der Waals surface area contributed by atoms with E-state index in [0.29, 0.717) is 6.54 Å². The van der Waals surface area contributed by atoms with Crippen LogP contribution in [0.4, 0.5) is 4.79 Å². The first-order valence-electron chi connectivity index (χ1n) is 8.98. The summed E-state index contributed by atoms with van der Waals surface area (Å²) in [5.74, 6) is 0. The van der Waals surface area contributed by atoms with Gasteiger partial charge >= 0.3 is 6.09 Å². The van der Waals surface area contributed by atoms with Crippen molar-refractivity contribution in [3.8, 4) is 0 Å². The predicted molar refractivity (Wildman–Crippen MR) is 96.2 cm³/mol. The van der Waals surface area contributed by atoms with Crippen molar-refractivity contribution >= 4 is 6.09 Å². The number of likely N-dealkylation sites (tertiary alicyclic amines) is 1. The Hall–Kier alpha value is -0.890. The SMILES string of the molecule is CN(CCN)CCOCCN1CCC(NC(=O)OC(C)(C)C)CC1. The van der Waals surface area contributed by atoms with Gasteiger partial charge in [0.15, 0.2) is 0 Å². The zero-order valence-corrected chi connectivity index (χ0v) is 15.8. The summed E-state index contributed by atoms with van der Waals surface area (Å²) in [6.45, 7) is 12.5. The van der Waals surface area contributed by atoms with Gasteiger partial charge in [-0.15, -0.1) is 0 Å². The van der Waals surface area contributed by atoms with Gasteiger partial charge in [0.2, 0.25) is 0 Å². The summed E-state index contributed by atoms with van der Waals surface area (Å²) in [4.78, 5) is 16.3. The number of piperidine rings is 1. The molecule has 0 radical (unpaired) electrons. The summed E-state index contributed by atoms with van der Waals surface area (Å²) in [6, 6.07) is 0.210. The molecule has 7 nitrogen and oxygen atoms in total. The average molecular weight is 345 g/mol. The van der Waals surface area contributed by atoms with Crippen molar-refractivity contribution in [2.45, 2.75) is 45.3 Å². The highest BCUT2D eigenvalue weighted by atomic mass is 16.6. The minimum atomic E-state index is -0.444. The predicted octanol–water partition coefficient (Wildman–Crippen LogP) is 0.883. The second-order valence-corrected chi connectivity index (χ2v) is 7.47. The summed E-state index contributed by atoms with van der Waals surface area (Å²) in [5, 5.41) is 2.96. The molecule has 7 heteroatoms. The first kappa shape index (κ1) is 21.2. The van der Waals surface area contributed by atoms with Gasteiger partial charge in [-0.25, -0.2) is 4.79 Å². The number of ether oxygens (including phenoxy) is 2. The van der Waals surface area contributed by atoms with Crippen LogP contribution in [0.5, 0.6) is 0 Å². The fourth-order valence-electron chi connectivity index (χ4n) is 2.62. The van der Waals surface area contributed by atoms with Crippen LogP contribution in [0.3, 0.4) is 0 Å². The second kappa shape index (κ2) is 10.9. The van der Waals surface area contributed by atoms with Crippen molar-refractivity contribution in [2.75, 3.05) is 59.5 Å². The molecular weight excluding hydrogens is 308 g/mol. The van der Waals surface area contributed by atoms with Gasteiger partial charge in [0, 0.05) is 45.3 Å². The first-order chi connectivity index (χ1) is 11.3. The molecule has 0 aromatic carbocycles. The van der Waals surface area contributed by atoms with E-state index >= 15 is 0 Å². The van der Waals surface area contributed by atoms with Crippen LogP contribution in [0.2, 0.25) is 0 Å². The number of carbonyl (C=O) groups is 1. The summed E-state index contributed by atoms with van der Waals surface area (Å²) < 4.78 is 11.0. The van der Waals surface area contributed by atoms with Crippen molar-refractivity contribution in [3.05, 3.63) is 0 Å². The van der Waals surface area contributed by atoms with E-state index in [4.69, 9.17) is 15.2 Å². The van der Waals surface area contributed by atoms with Gasteiger partial charge in [-0.05, 0) is 40.7 Å². The molecule has 0 aromatic heterocycles. The van der Waals surface area contributed by atoms with Gasteiger partial charge in [-0.1, -0.05) is 0 Å². The van der Waals surface area contributed by atoms with Gasteiger partial charge in [0.1, 0.15) is 5.60 Å². The third kappa shape index (κ3) is 10.1. The minimum Gasteiger partial charge on any atom is -0.444 e. The van der Waals surface area contributed by atoms with Crippen molar-refractivity contribution in [1.82, 2.24) is 15.1 Å². The summed E-state index contributed by atoms with van der Waals surface area (Å²) in [7, 11) is 2.05. The Morgan fingerprint density at radius 3 is 2.50 bits per heavy atom. The zero-order valence-electron chi connectivity index (χ0n) is 15.8. The van der Waals surface area contributed by atoms with E-state index in [-0.39, 0.29) is 12.1 Å². The number of nitrogens with one attached hydrogen (secondary N) is 1. The van der Waals surface area contributed by atoms with Gasteiger partial charge in [0.05, 0.1) is 13.2 Å². The van der Waals surface area contributed by atoms with E-state index in [1.165, 1.54) is 0 Å². The smallest absolute Gasteiger partial charge is 0.407 e. The number of hydrogen-bond acceptors (Lipinski definition) is 6. The molecule has 1 aliphatic rings. The summed E-state index contributed by atoms with van der Waals surface area (Å²) in [5.41, 5.74) is 5.06. The van der Waals surface area contributed by atoms with Crippen LogP contribution in [0.1, 0.15) is 33.6 Å². The molecule has 1 heterocycles. The van der Waals surface area contributed by atoms with Crippen LogP contribution in [0.15, 0.2) is 0 Å². The van der Waals surface area contributed by atoms with Gasteiger partial charge in [-0.2, -0.15) is 0 Å². The van der Waals surface area contributed by atoms with Gasteiger partial charge in [0.25, 0.3) is 0 Å². The molecule has 0 spiro atoms. The number of amides is 1. The van der Waals surface area contributed by atoms with Crippen molar-refractivity contribution in [2.24, 2.45) is 5.73 Å². The van der Waals surface area contributed by atoms with Gasteiger partial charge in [-0.3, -0.25) is 0 Å². The molecule has 1 saturated heterocycles. The molecule has 24 heavy (non-hydrogen) atoms. The van der Waals surface area contributed by atoms with E-state index in [9.17, 15) is 4.79 Å². The largest absolute Gasteiger partial charge is 0.444 e. The van der Waals surface area contributed by atoms with Crippen LogP contribution < -0.4 is 11.1 Å². The third-order valence-corrected chi connectivity index (χ3v) is 3.99. The Bertz CT molecular complexity index is 352. The minimum absolute atomic E-state index is 0.210. The number of nitrogens with zero attached hydrogens (tertiary/aromatic N) is 2. The van der Waals surface area contributed by atoms with Gasteiger partial charge < -0.3 is 30.3 Å². The Morgan fingerprint density at radius 1 is 1.25 bits per heavy atom. The number of likely N-dealkylation sites (N-methyl/N-ethyl adjacent to an activating group) is 1. The molecule has 1 amide bonds. The normalized spacial score (nSPS) is 17.2. The fraction of sp³-hybridized carbons (Fsp3) is 0.941. The molecule has 1 rings (SSSR count). The van der Waals surface area contributed by atoms with E-state index in [0.717, 1.165) is 58.8 Å². The van der Waals surface area contributed by atoms with Crippen LogP contribution in [-0.4, -0.2) is 87.1 Å². The van der Waals surface area contributed by atoms with Crippen molar-refractivity contribution < 1.29 is 14.3 Å². The van der Waals surface area contributed by atoms with Crippen LogP contribution >= 0.6 is 0 Å². The number of nitrogens with two attached hydrogens (primary N) is 1. The molecule has 1 fully saturated rings. The molecule has 0 bridgehead atoms. The van der Waals surface area contributed by atoms with E-state index in [1.807, 2.05) is 20.8 Å². The lowest BCUT2D eigenvalue weighted by Crippen LogP contribution is -2.46. The molecule has 0 saturated carbocycles. The summed E-state index contributed by atoms with van der Waals surface area (Å²) >= 11 is 0. The van der Waals surface area contributed by atoms with Crippen LogP contribution in [0.25, 0.3) is 0 Å². The Balaban J connectivity index is 2.06. The average Bonchev–Trinajstić information content (AvgIpc) is 2.47. The fourth-order valence-corrected chi connectivity index (χ4v) is 2.62. The number of hydrogen-bond donors (Lipinski definition) is 2. The standard InChI is InChI=1S/C17H36N4O3/c1-17(2,3)24-16(22)19-15-5-8-21(9-6-15)12-14-23-13-11-20(4)10-7-18/h15H,5-14,18H2,1-4H3,(H,19,22). The monoisotopic (exact) mass is 344 g/mol. The lowest BCUT2D eigenvalue weighted by Gasteiger charge is -2.32. The number of rotatable bonds is 9. The van der Waals surface area contributed by atoms with E-state index in [1.54, 1.807) is 0 Å². The van der Waals surface area contributed by atoms with E-state index in [2.05, 4.69) is 22.2 Å². The summed E-state index contributed by atoms with van der Waals surface area (Å²) in [6.07, 6.45) is 1.60. The molecule has 0 atom stereocenters. The molecule has 0 aromatic rings. The lowest BCUT2D eigenvalue weighted by molar-refractivity contribution is 0.0461. The molecular formula is C17H36N4O3. The molecule has 1 aliphatic heterocycles. The quantitative estimate of drug-likeness (QED) is 0.605. The second-order valence-electron chi connectivity index (χ2n) is 7.47. The molecule has 0 aliphatic carbocycles. The molecule has 142 valence electrons. The number of carbonyl (C=O) groups excluding carboxylic acids is 1. The number of alkyl carbamates (subject to hydrolysis) is 1. The first-order valence-corrected chi connectivity index (χ1v) is 8.98. The maximum absolute atomic E-state index is 11.8. The Morgan fingerprint density at radius 2 is 1.92 bits per heavy atom.